The van der Waals surface area contributed by atoms with E-state index < -0.39 is 6.10 Å². The van der Waals surface area contributed by atoms with Gasteiger partial charge in [0.15, 0.2) is 0 Å². The number of hydrogen-bond acceptors (Lipinski definition) is 4. The largest absolute Gasteiger partial charge is 0.497 e. The maximum Gasteiger partial charge on any atom is 0.119 e. The number of benzene rings is 2. The minimum absolute atomic E-state index is 0.197. The van der Waals surface area contributed by atoms with E-state index in [0.717, 1.165) is 17.0 Å². The molecule has 0 aliphatic carbocycles. The molecule has 0 aliphatic heterocycles. The molecule has 0 aromatic heterocycles. The van der Waals surface area contributed by atoms with Gasteiger partial charge in [-0.15, -0.1) is 0 Å². The van der Waals surface area contributed by atoms with Gasteiger partial charge in [-0.05, 0) is 42.8 Å². The van der Waals surface area contributed by atoms with E-state index in [1.807, 2.05) is 37.3 Å². The second kappa shape index (κ2) is 7.92. The summed E-state index contributed by atoms with van der Waals surface area (Å²) in [6.07, 6.45) is -0.640. The number of anilines is 1. The molecular formula is C17H20ClNO3. The molecule has 2 N–H and O–H groups in total. The van der Waals surface area contributed by atoms with Crippen LogP contribution in [0.1, 0.15) is 5.56 Å². The van der Waals surface area contributed by atoms with E-state index >= 15 is 0 Å². The van der Waals surface area contributed by atoms with Crippen LogP contribution < -0.4 is 14.8 Å². The highest BCUT2D eigenvalue weighted by Crippen LogP contribution is 2.25. The molecule has 1 atom stereocenters. The molecular weight excluding hydrogens is 302 g/mol. The number of hydrogen-bond donors (Lipinski definition) is 2. The smallest absolute Gasteiger partial charge is 0.119 e. The van der Waals surface area contributed by atoms with Crippen molar-refractivity contribution in [1.29, 1.82) is 0 Å². The Balaban J connectivity index is 1.80. The Hall–Kier alpha value is -1.91. The number of nitrogens with one attached hydrogen (secondary N) is 1. The summed E-state index contributed by atoms with van der Waals surface area (Å²) in [6, 6.07) is 13.0. The molecule has 2 aromatic carbocycles. The van der Waals surface area contributed by atoms with Crippen LogP contribution in [0.4, 0.5) is 5.69 Å². The second-order valence-corrected chi connectivity index (χ2v) is 5.34. The third-order valence-corrected chi connectivity index (χ3v) is 3.72. The Morgan fingerprint density at radius 2 is 1.82 bits per heavy atom. The summed E-state index contributed by atoms with van der Waals surface area (Å²) in [7, 11) is 1.61. The van der Waals surface area contributed by atoms with Crippen LogP contribution in [0.3, 0.4) is 0 Å². The fourth-order valence-electron chi connectivity index (χ4n) is 1.94. The molecule has 0 aliphatic rings. The number of methoxy groups -OCH3 is 1. The number of aryl methyl sites for hydroxylation is 1. The van der Waals surface area contributed by atoms with Crippen molar-refractivity contribution in [2.45, 2.75) is 13.0 Å². The first-order valence-electron chi connectivity index (χ1n) is 7.04. The van der Waals surface area contributed by atoms with E-state index in [1.165, 1.54) is 0 Å². The van der Waals surface area contributed by atoms with Crippen LogP contribution in [0.5, 0.6) is 11.5 Å². The molecule has 22 heavy (non-hydrogen) atoms. The van der Waals surface area contributed by atoms with Gasteiger partial charge in [-0.1, -0.05) is 23.7 Å². The van der Waals surface area contributed by atoms with Crippen molar-refractivity contribution in [2.75, 3.05) is 25.6 Å². The minimum Gasteiger partial charge on any atom is -0.497 e. The topological polar surface area (TPSA) is 50.7 Å². The average Bonchev–Trinajstić information content (AvgIpc) is 2.54. The zero-order valence-corrected chi connectivity index (χ0v) is 13.4. The highest BCUT2D eigenvalue weighted by molar-refractivity contribution is 6.33. The van der Waals surface area contributed by atoms with Gasteiger partial charge in [-0.2, -0.15) is 0 Å². The lowest BCUT2D eigenvalue weighted by atomic mass is 10.2. The third kappa shape index (κ3) is 4.55. The van der Waals surface area contributed by atoms with Crippen molar-refractivity contribution in [3.63, 3.8) is 0 Å². The van der Waals surface area contributed by atoms with E-state index in [1.54, 1.807) is 19.2 Å². The molecule has 1 unspecified atom stereocenters. The second-order valence-electron chi connectivity index (χ2n) is 4.96. The van der Waals surface area contributed by atoms with E-state index in [2.05, 4.69) is 5.32 Å². The average molecular weight is 322 g/mol. The predicted octanol–water partition coefficient (Wildman–Crippen LogP) is 3.51. The summed E-state index contributed by atoms with van der Waals surface area (Å²) < 4.78 is 10.6. The quantitative estimate of drug-likeness (QED) is 0.819. The molecule has 0 bridgehead atoms. The Kier molecular flexibility index (Phi) is 5.92. The van der Waals surface area contributed by atoms with Gasteiger partial charge < -0.3 is 19.9 Å². The molecule has 0 saturated carbocycles. The predicted molar refractivity (Wildman–Crippen MR) is 89.2 cm³/mol. The highest BCUT2D eigenvalue weighted by atomic mass is 35.5. The lowest BCUT2D eigenvalue weighted by Crippen LogP contribution is -2.26. The zero-order valence-electron chi connectivity index (χ0n) is 12.7. The molecule has 2 aromatic rings. The van der Waals surface area contributed by atoms with E-state index in [4.69, 9.17) is 21.1 Å². The molecule has 5 heteroatoms. The lowest BCUT2D eigenvalue weighted by Gasteiger charge is -2.15. The molecule has 0 fully saturated rings. The summed E-state index contributed by atoms with van der Waals surface area (Å²) in [4.78, 5) is 0. The molecule has 118 valence electrons. The summed E-state index contributed by atoms with van der Waals surface area (Å²) in [6.45, 7) is 2.50. The van der Waals surface area contributed by atoms with Gasteiger partial charge in [0.2, 0.25) is 0 Å². The minimum atomic E-state index is -0.640. The number of ether oxygens (including phenoxy) is 2. The standard InChI is InChI=1S/C17H20ClNO3/c1-12-4-3-5-16(17(12)18)19-10-13(20)11-22-15-8-6-14(21-2)7-9-15/h3-9,13,19-20H,10-11H2,1-2H3. The molecule has 4 nitrogen and oxygen atoms in total. The first kappa shape index (κ1) is 16.5. The van der Waals surface area contributed by atoms with Crippen molar-refractivity contribution >= 4 is 17.3 Å². The van der Waals surface area contributed by atoms with Crippen LogP contribution >= 0.6 is 11.6 Å². The van der Waals surface area contributed by atoms with Crippen LogP contribution in [-0.4, -0.2) is 31.5 Å². The van der Waals surface area contributed by atoms with E-state index in [-0.39, 0.29) is 6.61 Å². The summed E-state index contributed by atoms with van der Waals surface area (Å²) in [5, 5.41) is 13.8. The van der Waals surface area contributed by atoms with Gasteiger partial charge in [0.1, 0.15) is 24.2 Å². The number of aliphatic hydroxyl groups excluding tert-OH is 1. The van der Waals surface area contributed by atoms with E-state index in [0.29, 0.717) is 17.3 Å². The van der Waals surface area contributed by atoms with Crippen molar-refractivity contribution < 1.29 is 14.6 Å². The van der Waals surface area contributed by atoms with Crippen LogP contribution in [0.2, 0.25) is 5.02 Å². The van der Waals surface area contributed by atoms with E-state index in [9.17, 15) is 5.11 Å². The fourth-order valence-corrected chi connectivity index (χ4v) is 2.13. The van der Waals surface area contributed by atoms with Gasteiger partial charge in [-0.25, -0.2) is 0 Å². The maximum absolute atomic E-state index is 9.98. The Labute approximate surface area is 135 Å². The number of aliphatic hydroxyl groups is 1. The molecule has 0 spiro atoms. The Morgan fingerprint density at radius 3 is 2.50 bits per heavy atom. The van der Waals surface area contributed by atoms with Crippen LogP contribution in [-0.2, 0) is 0 Å². The Morgan fingerprint density at radius 1 is 1.14 bits per heavy atom. The lowest BCUT2D eigenvalue weighted by molar-refractivity contribution is 0.117. The first-order valence-corrected chi connectivity index (χ1v) is 7.42. The summed E-state index contributed by atoms with van der Waals surface area (Å²) in [5.41, 5.74) is 1.81. The van der Waals surface area contributed by atoms with Crippen molar-refractivity contribution in [2.24, 2.45) is 0 Å². The summed E-state index contributed by atoms with van der Waals surface area (Å²) >= 11 is 6.19. The normalized spacial score (nSPS) is 11.8. The number of rotatable bonds is 7. The molecule has 0 saturated heterocycles. The van der Waals surface area contributed by atoms with Gasteiger partial charge >= 0.3 is 0 Å². The van der Waals surface area contributed by atoms with Crippen molar-refractivity contribution in [3.8, 4) is 11.5 Å². The van der Waals surface area contributed by atoms with Gasteiger partial charge in [0.25, 0.3) is 0 Å². The van der Waals surface area contributed by atoms with Crippen LogP contribution in [0.15, 0.2) is 42.5 Å². The molecule has 0 amide bonds. The zero-order chi connectivity index (χ0) is 15.9. The number of halogens is 1. The van der Waals surface area contributed by atoms with Crippen LogP contribution in [0.25, 0.3) is 0 Å². The van der Waals surface area contributed by atoms with Crippen LogP contribution in [0, 0.1) is 6.92 Å². The Bertz CT molecular complexity index is 601. The van der Waals surface area contributed by atoms with Crippen molar-refractivity contribution in [3.05, 3.63) is 53.1 Å². The molecule has 0 heterocycles. The van der Waals surface area contributed by atoms with Gasteiger partial charge in [-0.3, -0.25) is 0 Å². The monoisotopic (exact) mass is 321 g/mol. The molecule has 2 rings (SSSR count). The van der Waals surface area contributed by atoms with Crippen molar-refractivity contribution in [1.82, 2.24) is 0 Å². The third-order valence-electron chi connectivity index (χ3n) is 3.22. The first-order chi connectivity index (χ1) is 10.6. The highest BCUT2D eigenvalue weighted by Gasteiger charge is 2.08. The maximum atomic E-state index is 9.98. The fraction of sp³-hybridized carbons (Fsp3) is 0.294. The molecule has 0 radical (unpaired) electrons. The van der Waals surface area contributed by atoms with Gasteiger partial charge in [0.05, 0.1) is 17.8 Å². The summed E-state index contributed by atoms with van der Waals surface area (Å²) in [5.74, 6) is 1.46. The SMILES string of the molecule is COc1ccc(OCC(O)CNc2cccc(C)c2Cl)cc1. The van der Waals surface area contributed by atoms with Gasteiger partial charge in [0, 0.05) is 6.54 Å².